The number of amides is 3. The minimum Gasteiger partial charge on any atom is -0.347 e. The molecule has 2 heterocycles. The van der Waals surface area contributed by atoms with E-state index >= 15 is 0 Å². The molecule has 6 heteroatoms. The van der Waals surface area contributed by atoms with Crippen LogP contribution in [0.25, 0.3) is 11.1 Å². The Morgan fingerprint density at radius 2 is 1.50 bits per heavy atom. The molecule has 2 saturated heterocycles. The highest BCUT2D eigenvalue weighted by Gasteiger charge is 2.34. The zero-order valence-corrected chi connectivity index (χ0v) is 17.8. The van der Waals surface area contributed by atoms with E-state index in [4.69, 9.17) is 0 Å². The predicted octanol–water partition coefficient (Wildman–Crippen LogP) is 2.91. The van der Waals surface area contributed by atoms with E-state index in [1.54, 1.807) is 0 Å². The maximum Gasteiger partial charge on any atom is 0.320 e. The summed E-state index contributed by atoms with van der Waals surface area (Å²) in [5.41, 5.74) is 2.87. The molecule has 0 saturated carbocycles. The van der Waals surface area contributed by atoms with Gasteiger partial charge < -0.3 is 20.0 Å². The zero-order chi connectivity index (χ0) is 21.1. The molecular formula is C24H30N4O2. The quantitative estimate of drug-likeness (QED) is 0.850. The number of hydrogen-bond acceptors (Lipinski definition) is 3. The van der Waals surface area contributed by atoms with Crippen LogP contribution in [-0.2, 0) is 0 Å². The molecule has 2 aliphatic heterocycles. The maximum absolute atomic E-state index is 12.8. The molecule has 2 aromatic carbocycles. The summed E-state index contributed by atoms with van der Waals surface area (Å²) < 4.78 is 0. The third-order valence-corrected chi connectivity index (χ3v) is 6.21. The number of carbonyl (C=O) groups is 2. The van der Waals surface area contributed by atoms with Crippen LogP contribution in [0.4, 0.5) is 4.79 Å². The second kappa shape index (κ2) is 8.88. The lowest BCUT2D eigenvalue weighted by Gasteiger charge is -2.25. The van der Waals surface area contributed by atoms with Gasteiger partial charge in [-0.15, -0.1) is 0 Å². The standard InChI is InChI=1S/C24H30N4O2/c1-26(2)22-13-15-28(17-22)24(30)27-14-12-21(16-27)25-23(29)20-10-8-19(9-11-20)18-6-4-3-5-7-18/h3-11,21-22H,12-17H2,1-2H3,(H,25,29)/t21-,22?/m0/s1. The fraction of sp³-hybridized carbons (Fsp3) is 0.417. The summed E-state index contributed by atoms with van der Waals surface area (Å²) in [7, 11) is 4.12. The predicted molar refractivity (Wildman–Crippen MR) is 118 cm³/mol. The lowest BCUT2D eigenvalue weighted by molar-refractivity contribution is 0.0937. The van der Waals surface area contributed by atoms with Gasteiger partial charge in [-0.2, -0.15) is 0 Å². The van der Waals surface area contributed by atoms with Crippen molar-refractivity contribution < 1.29 is 9.59 Å². The number of hydrogen-bond donors (Lipinski definition) is 1. The number of nitrogens with one attached hydrogen (secondary N) is 1. The van der Waals surface area contributed by atoms with Crippen LogP contribution in [0.1, 0.15) is 23.2 Å². The Bertz CT molecular complexity index is 882. The molecular weight excluding hydrogens is 376 g/mol. The fourth-order valence-electron chi connectivity index (χ4n) is 4.30. The van der Waals surface area contributed by atoms with E-state index in [2.05, 4.69) is 36.4 Å². The van der Waals surface area contributed by atoms with Gasteiger partial charge in [0.2, 0.25) is 0 Å². The van der Waals surface area contributed by atoms with Crippen LogP contribution in [0, 0.1) is 0 Å². The average molecular weight is 407 g/mol. The van der Waals surface area contributed by atoms with E-state index in [9.17, 15) is 9.59 Å². The number of likely N-dealkylation sites (N-methyl/N-ethyl adjacent to an activating group) is 1. The fourth-order valence-corrected chi connectivity index (χ4v) is 4.30. The molecule has 2 aliphatic rings. The summed E-state index contributed by atoms with van der Waals surface area (Å²) >= 11 is 0. The molecule has 1 unspecified atom stereocenters. The largest absolute Gasteiger partial charge is 0.347 e. The number of rotatable bonds is 4. The first-order valence-corrected chi connectivity index (χ1v) is 10.7. The minimum atomic E-state index is -0.0808. The third kappa shape index (κ3) is 4.49. The smallest absolute Gasteiger partial charge is 0.320 e. The van der Waals surface area contributed by atoms with Gasteiger partial charge in [-0.3, -0.25) is 4.79 Å². The van der Waals surface area contributed by atoms with Gasteiger partial charge in [0.05, 0.1) is 0 Å². The molecule has 158 valence electrons. The summed E-state index contributed by atoms with van der Waals surface area (Å²) in [6.45, 7) is 2.87. The Morgan fingerprint density at radius 1 is 0.867 bits per heavy atom. The second-order valence-corrected chi connectivity index (χ2v) is 8.48. The van der Waals surface area contributed by atoms with E-state index in [0.29, 0.717) is 24.7 Å². The highest BCUT2D eigenvalue weighted by molar-refractivity contribution is 5.95. The van der Waals surface area contributed by atoms with Crippen molar-refractivity contribution in [3.05, 3.63) is 60.2 Å². The SMILES string of the molecule is CN(C)C1CCN(C(=O)N2CC[C@H](NC(=O)c3ccc(-c4ccccc4)cc3)C2)C1. The van der Waals surface area contributed by atoms with Gasteiger partial charge in [0.25, 0.3) is 5.91 Å². The van der Waals surface area contributed by atoms with Gasteiger partial charge in [0, 0.05) is 43.8 Å². The van der Waals surface area contributed by atoms with Crippen molar-refractivity contribution in [3.8, 4) is 11.1 Å². The molecule has 6 nitrogen and oxygen atoms in total. The first-order valence-electron chi connectivity index (χ1n) is 10.7. The van der Waals surface area contributed by atoms with Crippen LogP contribution >= 0.6 is 0 Å². The van der Waals surface area contributed by atoms with Crippen LogP contribution in [0.15, 0.2) is 54.6 Å². The average Bonchev–Trinajstić information content (AvgIpc) is 3.44. The summed E-state index contributed by atoms with van der Waals surface area (Å²) in [6.07, 6.45) is 1.82. The van der Waals surface area contributed by atoms with Crippen molar-refractivity contribution in [1.82, 2.24) is 20.0 Å². The summed E-state index contributed by atoms with van der Waals surface area (Å²) in [6, 6.07) is 18.3. The lowest BCUT2D eigenvalue weighted by Crippen LogP contribution is -2.44. The van der Waals surface area contributed by atoms with Crippen molar-refractivity contribution >= 4 is 11.9 Å². The van der Waals surface area contributed by atoms with Crippen LogP contribution in [0.3, 0.4) is 0 Å². The molecule has 4 rings (SSSR count). The first kappa shape index (κ1) is 20.4. The molecule has 2 fully saturated rings. The molecule has 3 amide bonds. The van der Waals surface area contributed by atoms with Crippen molar-refractivity contribution in [2.24, 2.45) is 0 Å². The number of benzene rings is 2. The Balaban J connectivity index is 1.30. The van der Waals surface area contributed by atoms with Crippen molar-refractivity contribution in [2.45, 2.75) is 24.9 Å². The Hall–Kier alpha value is -2.86. The number of urea groups is 1. The molecule has 0 aromatic heterocycles. The Morgan fingerprint density at radius 3 is 2.17 bits per heavy atom. The molecule has 30 heavy (non-hydrogen) atoms. The summed E-state index contributed by atoms with van der Waals surface area (Å²) in [5.74, 6) is -0.0808. The van der Waals surface area contributed by atoms with Crippen molar-refractivity contribution in [3.63, 3.8) is 0 Å². The third-order valence-electron chi connectivity index (χ3n) is 6.21. The lowest BCUT2D eigenvalue weighted by atomic mass is 10.0. The number of carbonyl (C=O) groups excluding carboxylic acids is 2. The van der Waals surface area contributed by atoms with Gasteiger partial charge in [-0.1, -0.05) is 42.5 Å². The van der Waals surface area contributed by atoms with Crippen molar-refractivity contribution in [2.75, 3.05) is 40.3 Å². The van der Waals surface area contributed by atoms with Crippen molar-refractivity contribution in [1.29, 1.82) is 0 Å². The molecule has 2 atom stereocenters. The monoisotopic (exact) mass is 406 g/mol. The van der Waals surface area contributed by atoms with Crippen LogP contribution in [0.2, 0.25) is 0 Å². The van der Waals surface area contributed by atoms with E-state index in [1.165, 1.54) is 0 Å². The molecule has 0 spiro atoms. The van der Waals surface area contributed by atoms with Crippen LogP contribution in [-0.4, -0.2) is 79.0 Å². The topological polar surface area (TPSA) is 55.9 Å². The van der Waals surface area contributed by atoms with Gasteiger partial charge in [-0.25, -0.2) is 4.79 Å². The maximum atomic E-state index is 12.8. The van der Waals surface area contributed by atoms with E-state index in [0.717, 1.165) is 37.1 Å². The van der Waals surface area contributed by atoms with Gasteiger partial charge in [0.1, 0.15) is 0 Å². The number of likely N-dealkylation sites (tertiary alicyclic amines) is 2. The Labute approximate surface area is 178 Å². The van der Waals surface area contributed by atoms with E-state index in [1.807, 2.05) is 52.3 Å². The normalized spacial score (nSPS) is 21.3. The minimum absolute atomic E-state index is 0.00231. The summed E-state index contributed by atoms with van der Waals surface area (Å²) in [4.78, 5) is 31.5. The molecule has 0 radical (unpaired) electrons. The Kier molecular flexibility index (Phi) is 6.04. The summed E-state index contributed by atoms with van der Waals surface area (Å²) in [5, 5.41) is 3.10. The van der Waals surface area contributed by atoms with Crippen LogP contribution < -0.4 is 5.32 Å². The highest BCUT2D eigenvalue weighted by Crippen LogP contribution is 2.21. The number of nitrogens with zero attached hydrogens (tertiary/aromatic N) is 3. The molecule has 2 aromatic rings. The zero-order valence-electron chi connectivity index (χ0n) is 17.8. The van der Waals surface area contributed by atoms with E-state index < -0.39 is 0 Å². The van der Waals surface area contributed by atoms with Gasteiger partial charge in [-0.05, 0) is 50.2 Å². The van der Waals surface area contributed by atoms with E-state index in [-0.39, 0.29) is 18.0 Å². The first-order chi connectivity index (χ1) is 14.5. The molecule has 0 bridgehead atoms. The second-order valence-electron chi connectivity index (χ2n) is 8.48. The van der Waals surface area contributed by atoms with Gasteiger partial charge >= 0.3 is 6.03 Å². The molecule has 0 aliphatic carbocycles. The van der Waals surface area contributed by atoms with Gasteiger partial charge in [0.15, 0.2) is 0 Å². The van der Waals surface area contributed by atoms with Crippen LogP contribution in [0.5, 0.6) is 0 Å². The highest BCUT2D eigenvalue weighted by atomic mass is 16.2. The molecule has 1 N–H and O–H groups in total.